The number of rotatable bonds is 3. The van der Waals surface area contributed by atoms with E-state index in [0.717, 1.165) is 11.8 Å². The first-order valence-electron chi connectivity index (χ1n) is 4.23. The number of nitrogens with zero attached hydrogens (tertiary/aromatic N) is 1. The summed E-state index contributed by atoms with van der Waals surface area (Å²) in [5, 5.41) is 0.590. The Labute approximate surface area is 88.8 Å². The molecule has 0 bridgehead atoms. The predicted molar refractivity (Wildman–Crippen MR) is 59.2 cm³/mol. The zero-order valence-electron chi connectivity index (χ0n) is 8.20. The van der Waals surface area contributed by atoms with E-state index in [0.29, 0.717) is 10.6 Å². The van der Waals surface area contributed by atoms with Crippen LogP contribution in [0.25, 0.3) is 5.57 Å². The molecule has 0 saturated carbocycles. The molecule has 0 fully saturated rings. The molecule has 2 nitrogen and oxygen atoms in total. The number of hydrogen-bond acceptors (Lipinski definition) is 2. The van der Waals surface area contributed by atoms with E-state index in [1.54, 1.807) is 12.3 Å². The third-order valence-electron chi connectivity index (χ3n) is 1.71. The fourth-order valence-electron chi connectivity index (χ4n) is 1.14. The minimum atomic E-state index is 0.584. The first kappa shape index (κ1) is 10.8. The molecule has 74 valence electrons. The Morgan fingerprint density at radius 3 is 2.50 bits per heavy atom. The third kappa shape index (κ3) is 2.60. The number of halogens is 1. The van der Waals surface area contributed by atoms with Crippen molar-refractivity contribution in [2.45, 2.75) is 0 Å². The fourth-order valence-corrected chi connectivity index (χ4v) is 1.38. The maximum Gasteiger partial charge on any atom is 0.152 e. The van der Waals surface area contributed by atoms with Gasteiger partial charge in [0.25, 0.3) is 0 Å². The van der Waals surface area contributed by atoms with Gasteiger partial charge < -0.3 is 4.90 Å². The molecule has 0 unspecified atom stereocenters. The number of allylic oxidation sites excluding steroid dienone is 1. The van der Waals surface area contributed by atoms with E-state index in [9.17, 15) is 4.79 Å². The first-order valence-corrected chi connectivity index (χ1v) is 4.61. The van der Waals surface area contributed by atoms with Crippen LogP contribution in [0.15, 0.2) is 30.5 Å². The van der Waals surface area contributed by atoms with E-state index in [2.05, 4.69) is 0 Å². The normalized spacial score (nSPS) is 11.2. The van der Waals surface area contributed by atoms with Crippen molar-refractivity contribution in [1.82, 2.24) is 4.90 Å². The lowest BCUT2D eigenvalue weighted by atomic mass is 10.1. The highest BCUT2D eigenvalue weighted by Crippen LogP contribution is 2.22. The number of carbonyl (C=O) groups excluding carboxylic acids is 1. The molecular formula is C11H12ClNO. The number of benzene rings is 1. The molecule has 0 heterocycles. The molecule has 1 aromatic carbocycles. The Morgan fingerprint density at radius 2 is 2.00 bits per heavy atom. The maximum absolute atomic E-state index is 10.8. The van der Waals surface area contributed by atoms with Crippen LogP contribution >= 0.6 is 11.6 Å². The Kier molecular flexibility index (Phi) is 3.72. The van der Waals surface area contributed by atoms with Crippen LogP contribution in [0.1, 0.15) is 5.56 Å². The second-order valence-corrected chi connectivity index (χ2v) is 3.55. The summed E-state index contributed by atoms with van der Waals surface area (Å²) in [5.74, 6) is 0. The van der Waals surface area contributed by atoms with Gasteiger partial charge in [0, 0.05) is 36.5 Å². The van der Waals surface area contributed by atoms with Gasteiger partial charge in [-0.15, -0.1) is 0 Å². The lowest BCUT2D eigenvalue weighted by Gasteiger charge is -2.08. The number of carbonyl (C=O) groups is 1. The molecule has 0 amide bonds. The first-order chi connectivity index (χ1) is 6.65. The highest BCUT2D eigenvalue weighted by atomic mass is 35.5. The standard InChI is InChI=1S/C11H12ClNO/c1-13(2)7-9(8-14)10-5-3-4-6-11(10)12/h3-8H,1-2H3/b9-7-. The lowest BCUT2D eigenvalue weighted by molar-refractivity contribution is -0.103. The van der Waals surface area contributed by atoms with Crippen LogP contribution < -0.4 is 0 Å². The summed E-state index contributed by atoms with van der Waals surface area (Å²) in [6, 6.07) is 7.29. The molecule has 0 aliphatic heterocycles. The summed E-state index contributed by atoms with van der Waals surface area (Å²) < 4.78 is 0. The van der Waals surface area contributed by atoms with Gasteiger partial charge in [-0.25, -0.2) is 0 Å². The smallest absolute Gasteiger partial charge is 0.152 e. The molecule has 0 atom stereocenters. The van der Waals surface area contributed by atoms with Gasteiger partial charge in [0.15, 0.2) is 6.29 Å². The molecule has 0 aromatic heterocycles. The molecule has 0 aliphatic rings. The largest absolute Gasteiger partial charge is 0.383 e. The van der Waals surface area contributed by atoms with Crippen molar-refractivity contribution < 1.29 is 4.79 Å². The molecule has 0 saturated heterocycles. The Balaban J connectivity index is 3.13. The minimum absolute atomic E-state index is 0.584. The molecule has 1 aromatic rings. The van der Waals surface area contributed by atoms with E-state index in [-0.39, 0.29) is 0 Å². The van der Waals surface area contributed by atoms with Crippen molar-refractivity contribution in [2.75, 3.05) is 14.1 Å². The fraction of sp³-hybridized carbons (Fsp3) is 0.182. The van der Waals surface area contributed by atoms with Crippen molar-refractivity contribution in [2.24, 2.45) is 0 Å². The van der Waals surface area contributed by atoms with Crippen LogP contribution in [0.2, 0.25) is 5.02 Å². The summed E-state index contributed by atoms with van der Waals surface area (Å²) >= 11 is 5.96. The zero-order valence-corrected chi connectivity index (χ0v) is 8.95. The summed E-state index contributed by atoms with van der Waals surface area (Å²) in [6.45, 7) is 0. The van der Waals surface area contributed by atoms with Gasteiger partial charge >= 0.3 is 0 Å². The summed E-state index contributed by atoms with van der Waals surface area (Å²) in [5.41, 5.74) is 1.35. The molecule has 0 aliphatic carbocycles. The zero-order chi connectivity index (χ0) is 10.6. The highest BCUT2D eigenvalue weighted by molar-refractivity contribution is 6.33. The number of aldehydes is 1. The average Bonchev–Trinajstić information content (AvgIpc) is 2.15. The van der Waals surface area contributed by atoms with Gasteiger partial charge in [-0.2, -0.15) is 0 Å². The van der Waals surface area contributed by atoms with E-state index in [4.69, 9.17) is 11.6 Å². The monoisotopic (exact) mass is 209 g/mol. The van der Waals surface area contributed by atoms with Crippen molar-refractivity contribution in [3.63, 3.8) is 0 Å². The van der Waals surface area contributed by atoms with Gasteiger partial charge in [0.2, 0.25) is 0 Å². The molecule has 1 rings (SSSR count). The average molecular weight is 210 g/mol. The molecule has 0 spiro atoms. The van der Waals surface area contributed by atoms with Gasteiger partial charge in [-0.3, -0.25) is 4.79 Å². The topological polar surface area (TPSA) is 20.3 Å². The maximum atomic E-state index is 10.8. The second-order valence-electron chi connectivity index (χ2n) is 3.15. The highest BCUT2D eigenvalue weighted by Gasteiger charge is 2.04. The number of hydrogen-bond donors (Lipinski definition) is 0. The quantitative estimate of drug-likeness (QED) is 0.563. The summed E-state index contributed by atoms with van der Waals surface area (Å²) in [6.07, 6.45) is 2.55. The van der Waals surface area contributed by atoms with E-state index >= 15 is 0 Å². The van der Waals surface area contributed by atoms with Gasteiger partial charge in [-0.1, -0.05) is 29.8 Å². The van der Waals surface area contributed by atoms with Crippen molar-refractivity contribution in [1.29, 1.82) is 0 Å². The summed E-state index contributed by atoms with van der Waals surface area (Å²) in [7, 11) is 3.72. The Hall–Kier alpha value is -1.28. The minimum Gasteiger partial charge on any atom is -0.383 e. The van der Waals surface area contributed by atoms with E-state index in [1.165, 1.54) is 0 Å². The van der Waals surface area contributed by atoms with Gasteiger partial charge in [-0.05, 0) is 6.07 Å². The predicted octanol–water partition coefficient (Wildman–Crippen LogP) is 2.44. The molecule has 3 heteroatoms. The third-order valence-corrected chi connectivity index (χ3v) is 2.04. The SMILES string of the molecule is CN(C)/C=C(/C=O)c1ccccc1Cl. The van der Waals surface area contributed by atoms with Crippen molar-refractivity contribution in [3.05, 3.63) is 41.1 Å². The second kappa shape index (κ2) is 4.82. The van der Waals surface area contributed by atoms with Gasteiger partial charge in [0.05, 0.1) is 0 Å². The van der Waals surface area contributed by atoms with Gasteiger partial charge in [0.1, 0.15) is 0 Å². The van der Waals surface area contributed by atoms with Crippen LogP contribution in [0.3, 0.4) is 0 Å². The molecule has 14 heavy (non-hydrogen) atoms. The summed E-state index contributed by atoms with van der Waals surface area (Å²) in [4.78, 5) is 12.7. The molecule has 0 radical (unpaired) electrons. The Morgan fingerprint density at radius 1 is 1.36 bits per heavy atom. The Bertz CT molecular complexity index is 358. The van der Waals surface area contributed by atoms with Crippen LogP contribution in [0.4, 0.5) is 0 Å². The lowest BCUT2D eigenvalue weighted by Crippen LogP contribution is -2.03. The van der Waals surface area contributed by atoms with Crippen LogP contribution in [-0.2, 0) is 4.79 Å². The van der Waals surface area contributed by atoms with E-state index < -0.39 is 0 Å². The van der Waals surface area contributed by atoms with Crippen LogP contribution in [0, 0.1) is 0 Å². The van der Waals surface area contributed by atoms with Crippen molar-refractivity contribution >= 4 is 23.5 Å². The van der Waals surface area contributed by atoms with Crippen LogP contribution in [-0.4, -0.2) is 25.3 Å². The van der Waals surface area contributed by atoms with Crippen molar-refractivity contribution in [3.8, 4) is 0 Å². The molecular weight excluding hydrogens is 198 g/mol. The van der Waals surface area contributed by atoms with Crippen LogP contribution in [0.5, 0.6) is 0 Å². The molecule has 0 N–H and O–H groups in total. The van der Waals surface area contributed by atoms with E-state index in [1.807, 2.05) is 37.2 Å².